The molecule has 1 nitrogen and oxygen atoms in total. The van der Waals surface area contributed by atoms with E-state index >= 15 is 0 Å². The molecule has 0 aromatic rings. The van der Waals surface area contributed by atoms with Gasteiger partial charge in [-0.3, -0.25) is 4.79 Å². The number of hydrogen-bond acceptors (Lipinski definition) is 2. The second-order valence-electron chi connectivity index (χ2n) is 2.99. The minimum atomic E-state index is 0.287. The van der Waals surface area contributed by atoms with Crippen molar-refractivity contribution in [3.05, 3.63) is 12.2 Å². The molecule has 3 atom stereocenters. The number of thioether (sulfide) groups is 1. The zero-order chi connectivity index (χ0) is 7.14. The summed E-state index contributed by atoms with van der Waals surface area (Å²) in [5.74, 6) is 0.911. The molecular weight excluding hydrogens is 144 g/mol. The highest BCUT2D eigenvalue weighted by atomic mass is 32.2. The van der Waals surface area contributed by atoms with Crippen LogP contribution in [0.5, 0.6) is 0 Å². The van der Waals surface area contributed by atoms with E-state index in [1.807, 2.05) is 11.8 Å². The van der Waals surface area contributed by atoms with Crippen LogP contribution in [0.4, 0.5) is 0 Å². The van der Waals surface area contributed by atoms with Gasteiger partial charge in [0.25, 0.3) is 0 Å². The van der Waals surface area contributed by atoms with Gasteiger partial charge >= 0.3 is 0 Å². The smallest absolute Gasteiger partial charge is 0.143 e. The maximum absolute atomic E-state index is 11.0. The Kier molecular flexibility index (Phi) is 1.37. The molecule has 2 rings (SSSR count). The van der Waals surface area contributed by atoms with Crippen molar-refractivity contribution in [3.63, 3.8) is 0 Å². The van der Waals surface area contributed by atoms with Crippen molar-refractivity contribution in [2.24, 2.45) is 5.92 Å². The highest BCUT2D eigenvalue weighted by Crippen LogP contribution is 2.44. The molecule has 0 unspecified atom stereocenters. The normalized spacial score (nSPS) is 42.7. The maximum Gasteiger partial charge on any atom is 0.143 e. The first-order valence-corrected chi connectivity index (χ1v) is 4.56. The van der Waals surface area contributed by atoms with Gasteiger partial charge in [-0.15, -0.1) is 11.8 Å². The van der Waals surface area contributed by atoms with E-state index in [-0.39, 0.29) is 5.25 Å². The van der Waals surface area contributed by atoms with Crippen LogP contribution in [0.2, 0.25) is 0 Å². The molecule has 1 aliphatic heterocycles. The van der Waals surface area contributed by atoms with Crippen LogP contribution in [0.1, 0.15) is 13.3 Å². The number of ketones is 1. The van der Waals surface area contributed by atoms with Crippen LogP contribution in [-0.4, -0.2) is 16.3 Å². The quantitative estimate of drug-likeness (QED) is 0.534. The topological polar surface area (TPSA) is 17.1 Å². The van der Waals surface area contributed by atoms with E-state index in [2.05, 4.69) is 12.2 Å². The third-order valence-electron chi connectivity index (χ3n) is 2.19. The van der Waals surface area contributed by atoms with Crippen LogP contribution < -0.4 is 0 Å². The zero-order valence-corrected chi connectivity index (χ0v) is 6.73. The molecule has 0 radical (unpaired) electrons. The van der Waals surface area contributed by atoms with E-state index in [4.69, 9.17) is 0 Å². The second-order valence-corrected chi connectivity index (χ2v) is 4.38. The Hall–Kier alpha value is -0.240. The fraction of sp³-hybridized carbons (Fsp3) is 0.625. The summed E-state index contributed by atoms with van der Waals surface area (Å²) in [5.41, 5.74) is 0. The first-order valence-electron chi connectivity index (χ1n) is 3.61. The fourth-order valence-corrected chi connectivity index (χ4v) is 3.19. The van der Waals surface area contributed by atoms with Gasteiger partial charge in [-0.05, 0) is 19.3 Å². The van der Waals surface area contributed by atoms with Gasteiger partial charge in [-0.25, -0.2) is 0 Å². The molecule has 2 aliphatic rings. The fourth-order valence-electron chi connectivity index (χ4n) is 1.70. The number of carbonyl (C=O) groups is 1. The summed E-state index contributed by atoms with van der Waals surface area (Å²) < 4.78 is 0. The zero-order valence-electron chi connectivity index (χ0n) is 5.91. The van der Waals surface area contributed by atoms with E-state index in [1.165, 1.54) is 6.42 Å². The van der Waals surface area contributed by atoms with E-state index in [0.29, 0.717) is 17.0 Å². The van der Waals surface area contributed by atoms with Crippen LogP contribution in [0.3, 0.4) is 0 Å². The van der Waals surface area contributed by atoms with Crippen LogP contribution in [-0.2, 0) is 4.79 Å². The van der Waals surface area contributed by atoms with Gasteiger partial charge in [-0.2, -0.15) is 0 Å². The molecule has 0 N–H and O–H groups in total. The van der Waals surface area contributed by atoms with Crippen molar-refractivity contribution in [2.75, 3.05) is 0 Å². The molecule has 1 saturated heterocycles. The van der Waals surface area contributed by atoms with Crippen molar-refractivity contribution < 1.29 is 4.79 Å². The van der Waals surface area contributed by atoms with Gasteiger partial charge in [0.15, 0.2) is 0 Å². The summed E-state index contributed by atoms with van der Waals surface area (Å²) >= 11 is 1.83. The first-order chi connectivity index (χ1) is 4.77. The Bertz CT molecular complexity index is 197. The highest BCUT2D eigenvalue weighted by Gasteiger charge is 2.38. The van der Waals surface area contributed by atoms with Crippen molar-refractivity contribution in [1.82, 2.24) is 0 Å². The van der Waals surface area contributed by atoms with Gasteiger partial charge in [0, 0.05) is 5.25 Å². The number of allylic oxidation sites excluding steroid dienone is 1. The molecule has 0 saturated carbocycles. The van der Waals surface area contributed by atoms with Gasteiger partial charge in [0.05, 0.1) is 5.25 Å². The van der Waals surface area contributed by atoms with Gasteiger partial charge in [0.2, 0.25) is 0 Å². The summed E-state index contributed by atoms with van der Waals surface area (Å²) in [7, 11) is 0. The molecule has 2 heteroatoms. The van der Waals surface area contributed by atoms with Crippen molar-refractivity contribution in [2.45, 2.75) is 23.8 Å². The lowest BCUT2D eigenvalue weighted by atomic mass is 10.0. The van der Waals surface area contributed by atoms with Gasteiger partial charge in [-0.1, -0.05) is 12.2 Å². The SMILES string of the molecule is CC(=O)[C@@H]1S[C@H]2C=C[C@H]1C2. The standard InChI is InChI=1S/C8H10OS/c1-5(9)8-6-2-3-7(4-6)10-8/h2-3,6-8H,4H2,1H3/t6-,7-,8-/m0/s1. The van der Waals surface area contributed by atoms with Crippen LogP contribution in [0.15, 0.2) is 12.2 Å². The minimum Gasteiger partial charge on any atom is -0.299 e. The molecule has 1 aliphatic carbocycles. The van der Waals surface area contributed by atoms with E-state index in [1.54, 1.807) is 6.92 Å². The van der Waals surface area contributed by atoms with E-state index in [9.17, 15) is 4.79 Å². The average molecular weight is 154 g/mol. The lowest BCUT2D eigenvalue weighted by Gasteiger charge is -2.12. The molecule has 0 amide bonds. The van der Waals surface area contributed by atoms with Gasteiger partial charge in [0.1, 0.15) is 5.78 Å². The molecule has 10 heavy (non-hydrogen) atoms. The van der Waals surface area contributed by atoms with Crippen molar-refractivity contribution >= 4 is 17.5 Å². The third kappa shape index (κ3) is 0.823. The highest BCUT2D eigenvalue weighted by molar-refractivity contribution is 8.01. The lowest BCUT2D eigenvalue weighted by molar-refractivity contribution is -0.116. The number of hydrogen-bond donors (Lipinski definition) is 0. The lowest BCUT2D eigenvalue weighted by Crippen LogP contribution is -2.18. The monoisotopic (exact) mass is 154 g/mol. The number of Topliss-reactive ketones (excluding diaryl/α,β-unsaturated/α-hetero) is 1. The molecule has 1 fully saturated rings. The molecule has 54 valence electrons. The predicted octanol–water partition coefficient (Wildman–Crippen LogP) is 1.64. The van der Waals surface area contributed by atoms with Gasteiger partial charge < -0.3 is 0 Å². The Morgan fingerprint density at radius 2 is 2.40 bits per heavy atom. The minimum absolute atomic E-state index is 0.287. The molecule has 2 bridgehead atoms. The molecule has 0 spiro atoms. The first kappa shape index (κ1) is 6.47. The summed E-state index contributed by atoms with van der Waals surface area (Å²) in [6.45, 7) is 1.70. The van der Waals surface area contributed by atoms with E-state index in [0.717, 1.165) is 0 Å². The molecular formula is C8H10OS. The summed E-state index contributed by atoms with van der Waals surface area (Å²) in [6, 6.07) is 0. The third-order valence-corrected chi connectivity index (χ3v) is 3.86. The maximum atomic E-state index is 11.0. The van der Waals surface area contributed by atoms with Crippen LogP contribution in [0.25, 0.3) is 0 Å². The summed E-state index contributed by atoms with van der Waals surface area (Å²) in [6.07, 6.45) is 5.64. The number of rotatable bonds is 1. The molecule has 0 aromatic heterocycles. The Morgan fingerprint density at radius 1 is 1.60 bits per heavy atom. The van der Waals surface area contributed by atoms with Crippen LogP contribution >= 0.6 is 11.8 Å². The Balaban J connectivity index is 2.16. The van der Waals surface area contributed by atoms with Crippen molar-refractivity contribution in [1.29, 1.82) is 0 Å². The predicted molar refractivity (Wildman–Crippen MR) is 43.1 cm³/mol. The van der Waals surface area contributed by atoms with Crippen LogP contribution in [0, 0.1) is 5.92 Å². The summed E-state index contributed by atoms with van der Waals surface area (Å²) in [5, 5.41) is 0.939. The number of fused-ring (bicyclic) bond motifs is 2. The number of carbonyl (C=O) groups excluding carboxylic acids is 1. The average Bonchev–Trinajstić information content (AvgIpc) is 2.44. The summed E-state index contributed by atoms with van der Waals surface area (Å²) in [4.78, 5) is 11.0. The Labute approximate surface area is 64.9 Å². The Morgan fingerprint density at radius 3 is 2.70 bits per heavy atom. The molecule has 0 aromatic carbocycles. The van der Waals surface area contributed by atoms with Crippen molar-refractivity contribution in [3.8, 4) is 0 Å². The van der Waals surface area contributed by atoms with E-state index < -0.39 is 0 Å². The molecule has 1 heterocycles. The second kappa shape index (κ2) is 2.12. The largest absolute Gasteiger partial charge is 0.299 e.